The van der Waals surface area contributed by atoms with Crippen molar-refractivity contribution in [1.82, 2.24) is 9.97 Å². The van der Waals surface area contributed by atoms with Crippen LogP contribution in [0.4, 0.5) is 11.8 Å². The highest BCUT2D eigenvalue weighted by atomic mass is 32.1. The van der Waals surface area contributed by atoms with Crippen molar-refractivity contribution < 1.29 is 0 Å². The van der Waals surface area contributed by atoms with Gasteiger partial charge in [0.25, 0.3) is 0 Å². The Kier molecular flexibility index (Phi) is 4.97. The van der Waals surface area contributed by atoms with Crippen molar-refractivity contribution in [3.8, 4) is 6.07 Å². The highest BCUT2D eigenvalue weighted by molar-refractivity contribution is 7.18. The number of hydrogen-bond acceptors (Lipinski definition) is 6. The second-order valence-corrected chi connectivity index (χ2v) is 6.52. The van der Waals surface area contributed by atoms with E-state index < -0.39 is 0 Å². The highest BCUT2D eigenvalue weighted by Crippen LogP contribution is 2.31. The van der Waals surface area contributed by atoms with E-state index in [0.29, 0.717) is 12.5 Å². The predicted octanol–water partition coefficient (Wildman–Crippen LogP) is 3.42. The van der Waals surface area contributed by atoms with Crippen molar-refractivity contribution in [2.75, 3.05) is 30.4 Å². The molecular formula is C15H21N5S. The number of thiophene rings is 1. The monoisotopic (exact) mass is 303 g/mol. The second kappa shape index (κ2) is 6.72. The summed E-state index contributed by atoms with van der Waals surface area (Å²) in [7, 11) is 1.98. The number of rotatable bonds is 6. The number of fused-ring (bicyclic) bond motifs is 1. The molecule has 112 valence electrons. The molecule has 1 atom stereocenters. The van der Waals surface area contributed by atoms with Gasteiger partial charge in [0, 0.05) is 25.0 Å². The zero-order valence-electron chi connectivity index (χ0n) is 13.0. The van der Waals surface area contributed by atoms with Crippen molar-refractivity contribution >= 4 is 33.3 Å². The van der Waals surface area contributed by atoms with Crippen LogP contribution >= 0.6 is 11.3 Å². The highest BCUT2D eigenvalue weighted by Gasteiger charge is 2.15. The summed E-state index contributed by atoms with van der Waals surface area (Å²) in [5.41, 5.74) is 0. The number of nitriles is 1. The van der Waals surface area contributed by atoms with Crippen LogP contribution in [-0.4, -0.2) is 30.1 Å². The van der Waals surface area contributed by atoms with E-state index in [4.69, 9.17) is 5.26 Å². The molecule has 2 aromatic heterocycles. The van der Waals surface area contributed by atoms with Crippen LogP contribution < -0.4 is 10.2 Å². The fraction of sp³-hybridized carbons (Fsp3) is 0.533. The van der Waals surface area contributed by atoms with Gasteiger partial charge in [-0.15, -0.1) is 11.3 Å². The van der Waals surface area contributed by atoms with Crippen LogP contribution in [0, 0.1) is 24.2 Å². The third kappa shape index (κ3) is 3.61. The smallest absolute Gasteiger partial charge is 0.226 e. The molecule has 21 heavy (non-hydrogen) atoms. The molecule has 0 bridgehead atoms. The lowest BCUT2D eigenvalue weighted by molar-refractivity contribution is 0.711. The number of aryl methyl sites for hydroxylation is 1. The molecule has 0 radical (unpaired) electrons. The van der Waals surface area contributed by atoms with Gasteiger partial charge in [-0.25, -0.2) is 4.98 Å². The SMILES string of the molecule is CCCNc1nc(N(C)CC(C)C#N)c2cc(C)sc2n1. The van der Waals surface area contributed by atoms with Gasteiger partial charge in [0.05, 0.1) is 17.4 Å². The van der Waals surface area contributed by atoms with Crippen LogP contribution in [0.25, 0.3) is 10.2 Å². The maximum atomic E-state index is 9.00. The Hall–Kier alpha value is -1.87. The van der Waals surface area contributed by atoms with E-state index in [1.807, 2.05) is 18.9 Å². The molecule has 2 aromatic rings. The summed E-state index contributed by atoms with van der Waals surface area (Å²) in [4.78, 5) is 13.5. The third-order valence-electron chi connectivity index (χ3n) is 3.16. The second-order valence-electron chi connectivity index (χ2n) is 5.28. The van der Waals surface area contributed by atoms with Gasteiger partial charge in [-0.1, -0.05) is 6.92 Å². The van der Waals surface area contributed by atoms with Gasteiger partial charge in [-0.05, 0) is 26.3 Å². The number of anilines is 2. The van der Waals surface area contributed by atoms with E-state index in [1.165, 1.54) is 4.88 Å². The Labute approximate surface area is 129 Å². The Morgan fingerprint density at radius 2 is 2.24 bits per heavy atom. The van der Waals surface area contributed by atoms with E-state index in [2.05, 4.69) is 41.3 Å². The van der Waals surface area contributed by atoms with E-state index in [9.17, 15) is 0 Å². The quantitative estimate of drug-likeness (QED) is 0.886. The Bertz CT molecular complexity index is 658. The first-order valence-electron chi connectivity index (χ1n) is 7.18. The summed E-state index contributed by atoms with van der Waals surface area (Å²) in [6.45, 7) is 7.62. The molecule has 1 unspecified atom stereocenters. The largest absolute Gasteiger partial charge is 0.358 e. The molecule has 0 aliphatic carbocycles. The number of nitrogens with zero attached hydrogens (tertiary/aromatic N) is 4. The average Bonchev–Trinajstić information content (AvgIpc) is 2.83. The van der Waals surface area contributed by atoms with Gasteiger partial charge in [-0.2, -0.15) is 10.2 Å². The molecule has 0 aromatic carbocycles. The Morgan fingerprint density at radius 1 is 1.48 bits per heavy atom. The lowest BCUT2D eigenvalue weighted by atomic mass is 10.2. The molecule has 0 fully saturated rings. The van der Waals surface area contributed by atoms with Crippen molar-refractivity contribution in [1.29, 1.82) is 5.26 Å². The Morgan fingerprint density at radius 3 is 2.90 bits per heavy atom. The minimum Gasteiger partial charge on any atom is -0.358 e. The Balaban J connectivity index is 2.41. The lowest BCUT2D eigenvalue weighted by Gasteiger charge is -2.20. The van der Waals surface area contributed by atoms with E-state index in [-0.39, 0.29) is 5.92 Å². The summed E-state index contributed by atoms with van der Waals surface area (Å²) >= 11 is 1.67. The lowest BCUT2D eigenvalue weighted by Crippen LogP contribution is -2.24. The van der Waals surface area contributed by atoms with Gasteiger partial charge < -0.3 is 10.2 Å². The van der Waals surface area contributed by atoms with Gasteiger partial charge in [0.1, 0.15) is 10.6 Å². The predicted molar refractivity (Wildman–Crippen MR) is 89.0 cm³/mol. The molecule has 2 rings (SSSR count). The van der Waals surface area contributed by atoms with Crippen molar-refractivity contribution in [3.63, 3.8) is 0 Å². The summed E-state index contributed by atoms with van der Waals surface area (Å²) in [5, 5.41) is 13.3. The summed E-state index contributed by atoms with van der Waals surface area (Å²) in [5.74, 6) is 1.52. The van der Waals surface area contributed by atoms with E-state index in [1.54, 1.807) is 11.3 Å². The molecule has 0 saturated carbocycles. The maximum absolute atomic E-state index is 9.00. The number of nitrogens with one attached hydrogen (secondary N) is 1. The third-order valence-corrected chi connectivity index (χ3v) is 4.10. The van der Waals surface area contributed by atoms with Gasteiger partial charge >= 0.3 is 0 Å². The number of hydrogen-bond donors (Lipinski definition) is 1. The minimum atomic E-state index is -0.0354. The van der Waals surface area contributed by atoms with Crippen molar-refractivity contribution in [2.45, 2.75) is 27.2 Å². The van der Waals surface area contributed by atoms with Crippen molar-refractivity contribution in [2.24, 2.45) is 5.92 Å². The van der Waals surface area contributed by atoms with Crippen LogP contribution in [0.3, 0.4) is 0 Å². The molecule has 0 aliphatic heterocycles. The molecule has 2 heterocycles. The first-order valence-corrected chi connectivity index (χ1v) is 7.99. The molecule has 5 nitrogen and oxygen atoms in total. The van der Waals surface area contributed by atoms with Crippen LogP contribution in [0.15, 0.2) is 6.07 Å². The molecule has 6 heteroatoms. The first kappa shape index (κ1) is 15.5. The fourth-order valence-electron chi connectivity index (χ4n) is 2.17. The molecule has 1 N–H and O–H groups in total. The van der Waals surface area contributed by atoms with Gasteiger partial charge in [0.2, 0.25) is 5.95 Å². The van der Waals surface area contributed by atoms with Gasteiger partial charge in [0.15, 0.2) is 0 Å². The van der Waals surface area contributed by atoms with Crippen LogP contribution in [0.2, 0.25) is 0 Å². The normalized spacial score (nSPS) is 12.1. The molecular weight excluding hydrogens is 282 g/mol. The topological polar surface area (TPSA) is 64.8 Å². The van der Waals surface area contributed by atoms with Gasteiger partial charge in [-0.3, -0.25) is 0 Å². The average molecular weight is 303 g/mol. The molecule has 0 aliphatic rings. The van der Waals surface area contributed by atoms with Crippen LogP contribution in [0.5, 0.6) is 0 Å². The van der Waals surface area contributed by atoms with Crippen molar-refractivity contribution in [3.05, 3.63) is 10.9 Å². The fourth-order valence-corrected chi connectivity index (χ4v) is 3.05. The van der Waals surface area contributed by atoms with E-state index in [0.717, 1.165) is 29.0 Å². The minimum absolute atomic E-state index is 0.0354. The summed E-state index contributed by atoms with van der Waals surface area (Å²) < 4.78 is 0. The first-order chi connectivity index (χ1) is 10.0. The standard InChI is InChI=1S/C15H21N5S/c1-5-6-17-15-18-13(20(4)9-10(2)8-16)12-7-11(3)21-14(12)19-15/h7,10H,5-6,9H2,1-4H3,(H,17,18,19). The molecule has 0 amide bonds. The summed E-state index contributed by atoms with van der Waals surface area (Å²) in [6.07, 6.45) is 1.03. The zero-order chi connectivity index (χ0) is 15.4. The molecule has 0 spiro atoms. The maximum Gasteiger partial charge on any atom is 0.226 e. The van der Waals surface area contributed by atoms with Crippen LogP contribution in [0.1, 0.15) is 25.1 Å². The number of aromatic nitrogens is 2. The molecule has 0 saturated heterocycles. The zero-order valence-corrected chi connectivity index (χ0v) is 13.8. The van der Waals surface area contributed by atoms with E-state index >= 15 is 0 Å². The van der Waals surface area contributed by atoms with Crippen LogP contribution in [-0.2, 0) is 0 Å². The summed E-state index contributed by atoms with van der Waals surface area (Å²) in [6, 6.07) is 4.39.